The molecule has 9 heteroatoms. The van der Waals surface area contributed by atoms with Crippen molar-refractivity contribution < 1.29 is 14.9 Å². The number of benzene rings is 4. The van der Waals surface area contributed by atoms with Gasteiger partial charge < -0.3 is 20.7 Å². The first kappa shape index (κ1) is 21.8. The van der Waals surface area contributed by atoms with Crippen LogP contribution in [0.1, 0.15) is 24.0 Å². The average molecular weight is 492 g/mol. The highest BCUT2D eigenvalue weighted by molar-refractivity contribution is 6.23. The van der Waals surface area contributed by atoms with Crippen molar-refractivity contribution in [1.82, 2.24) is 19.5 Å². The van der Waals surface area contributed by atoms with Crippen molar-refractivity contribution in [3.63, 3.8) is 0 Å². The molecule has 2 aromatic heterocycles. The number of nitrogen functional groups attached to an aromatic ring is 1. The van der Waals surface area contributed by atoms with Gasteiger partial charge in [-0.2, -0.15) is 4.98 Å². The van der Waals surface area contributed by atoms with Gasteiger partial charge >= 0.3 is 0 Å². The second-order valence-corrected chi connectivity index (χ2v) is 9.26. The molecule has 3 heterocycles. The van der Waals surface area contributed by atoms with Crippen LogP contribution < -0.4 is 11.3 Å². The van der Waals surface area contributed by atoms with Crippen molar-refractivity contribution in [3.8, 4) is 11.8 Å². The Bertz CT molecular complexity index is 1950. The maximum atomic E-state index is 12.6. The highest BCUT2D eigenvalue weighted by Crippen LogP contribution is 2.36. The second-order valence-electron chi connectivity index (χ2n) is 9.26. The Morgan fingerprint density at radius 3 is 2.51 bits per heavy atom. The van der Waals surface area contributed by atoms with Gasteiger partial charge in [0.25, 0.3) is 5.56 Å². The van der Waals surface area contributed by atoms with E-state index in [0.29, 0.717) is 0 Å². The molecule has 0 radical (unpaired) electrons. The Morgan fingerprint density at radius 1 is 1.03 bits per heavy atom. The van der Waals surface area contributed by atoms with Crippen LogP contribution in [0.3, 0.4) is 0 Å². The van der Waals surface area contributed by atoms with E-state index in [1.54, 1.807) is 4.57 Å². The quantitative estimate of drug-likeness (QED) is 0.216. The molecule has 6 aromatic rings. The van der Waals surface area contributed by atoms with Gasteiger partial charge in [-0.05, 0) is 44.3 Å². The average Bonchev–Trinajstić information content (AvgIpc) is 3.45. The third kappa shape index (κ3) is 3.28. The molecule has 5 N–H and O–H groups in total. The van der Waals surface area contributed by atoms with Gasteiger partial charge in [0.2, 0.25) is 5.95 Å². The van der Waals surface area contributed by atoms with E-state index in [1.165, 1.54) is 16.2 Å². The number of aliphatic hydroxyl groups is 2. The highest BCUT2D eigenvalue weighted by Gasteiger charge is 2.36. The molecular weight excluding hydrogens is 470 g/mol. The predicted octanol–water partition coefficient (Wildman–Crippen LogP) is 2.64. The number of imidazole rings is 1. The predicted molar refractivity (Wildman–Crippen MR) is 140 cm³/mol. The molecule has 0 spiro atoms. The van der Waals surface area contributed by atoms with E-state index in [-0.39, 0.29) is 36.0 Å². The van der Waals surface area contributed by atoms with Gasteiger partial charge in [0.05, 0.1) is 12.7 Å². The molecule has 0 bridgehead atoms. The Labute approximate surface area is 209 Å². The minimum atomic E-state index is -0.884. The zero-order valence-electron chi connectivity index (χ0n) is 19.5. The van der Waals surface area contributed by atoms with Crippen LogP contribution >= 0.6 is 0 Å². The number of aliphatic hydroxyl groups excluding tert-OH is 2. The van der Waals surface area contributed by atoms with Crippen molar-refractivity contribution in [2.24, 2.45) is 0 Å². The lowest BCUT2D eigenvalue weighted by molar-refractivity contribution is -0.0434. The number of rotatable bonds is 2. The number of H-pyrrole nitrogens is 1. The Kier molecular flexibility index (Phi) is 4.71. The Balaban J connectivity index is 1.43. The summed E-state index contributed by atoms with van der Waals surface area (Å²) in [7, 11) is 0. The van der Waals surface area contributed by atoms with Crippen LogP contribution in [0.25, 0.3) is 43.5 Å². The molecule has 182 valence electrons. The van der Waals surface area contributed by atoms with Crippen LogP contribution in [-0.4, -0.2) is 48.5 Å². The molecular formula is C28H21N5O4. The lowest BCUT2D eigenvalue weighted by Gasteiger charge is -2.15. The molecule has 7 rings (SSSR count). The van der Waals surface area contributed by atoms with Crippen LogP contribution in [0.4, 0.5) is 5.95 Å². The number of anilines is 1. The molecule has 0 aliphatic carbocycles. The van der Waals surface area contributed by atoms with Crippen molar-refractivity contribution in [2.45, 2.75) is 24.9 Å². The van der Waals surface area contributed by atoms with E-state index < -0.39 is 24.0 Å². The maximum absolute atomic E-state index is 12.6. The van der Waals surface area contributed by atoms with Gasteiger partial charge in [0.1, 0.15) is 12.3 Å². The fourth-order valence-corrected chi connectivity index (χ4v) is 5.37. The molecule has 4 aromatic carbocycles. The molecule has 37 heavy (non-hydrogen) atoms. The normalized spacial score (nSPS) is 19.8. The van der Waals surface area contributed by atoms with E-state index in [4.69, 9.17) is 10.5 Å². The first-order valence-electron chi connectivity index (χ1n) is 11.9. The lowest BCUT2D eigenvalue weighted by Crippen LogP contribution is -2.24. The highest BCUT2D eigenvalue weighted by atomic mass is 16.5. The number of nitrogens with one attached hydrogen (secondary N) is 1. The first-order chi connectivity index (χ1) is 18.0. The molecule has 1 saturated heterocycles. The van der Waals surface area contributed by atoms with Crippen molar-refractivity contribution in [2.75, 3.05) is 12.3 Å². The zero-order valence-corrected chi connectivity index (χ0v) is 19.5. The number of hydrogen-bond acceptors (Lipinski definition) is 7. The molecule has 0 unspecified atom stereocenters. The smallest absolute Gasteiger partial charge is 0.280 e. The summed E-state index contributed by atoms with van der Waals surface area (Å²) in [6.07, 6.45) is -2.19. The van der Waals surface area contributed by atoms with Crippen molar-refractivity contribution in [3.05, 3.63) is 76.3 Å². The summed E-state index contributed by atoms with van der Waals surface area (Å²) < 4.78 is 7.43. The molecule has 1 aliphatic rings. The Morgan fingerprint density at radius 2 is 1.76 bits per heavy atom. The van der Waals surface area contributed by atoms with E-state index in [0.717, 1.165) is 21.7 Å². The van der Waals surface area contributed by atoms with Gasteiger partial charge in [-0.15, -0.1) is 0 Å². The zero-order chi connectivity index (χ0) is 25.3. The van der Waals surface area contributed by atoms with Crippen molar-refractivity contribution >= 4 is 49.4 Å². The number of aromatic nitrogens is 4. The number of nitrogens with zero attached hydrogens (tertiary/aromatic N) is 3. The fourth-order valence-electron chi connectivity index (χ4n) is 5.37. The summed E-state index contributed by atoms with van der Waals surface area (Å²) in [6, 6.07) is 18.7. The van der Waals surface area contributed by atoms with E-state index in [1.807, 2.05) is 6.07 Å². The number of hydrogen-bond donors (Lipinski definition) is 4. The number of aromatic amines is 1. The summed E-state index contributed by atoms with van der Waals surface area (Å²) >= 11 is 0. The minimum Gasteiger partial charge on any atom is -0.394 e. The van der Waals surface area contributed by atoms with E-state index in [9.17, 15) is 15.0 Å². The van der Waals surface area contributed by atoms with Gasteiger partial charge in [-0.25, -0.2) is 4.98 Å². The standard InChI is InChI=1S/C28H21N5O4/c29-28-31-26-25(27(36)32-28)30-21(33(26)22-12-19(35)20(13-34)37-22)11-9-14-4-5-17-7-6-15-2-1-3-16-8-10-18(14)24(17)23(15)16/h1-8,10,19-20,22,34-35H,12-13H2,(H3,29,31,32,36)/t19-,20+,22+/m0/s1. The van der Waals surface area contributed by atoms with Gasteiger partial charge in [-0.1, -0.05) is 54.5 Å². The summed E-state index contributed by atoms with van der Waals surface area (Å²) in [5, 5.41) is 26.7. The number of ether oxygens (including phenoxy) is 1. The molecule has 9 nitrogen and oxygen atoms in total. The molecule has 0 amide bonds. The fraction of sp³-hybridized carbons (Fsp3) is 0.179. The van der Waals surface area contributed by atoms with Gasteiger partial charge in [0.15, 0.2) is 17.0 Å². The van der Waals surface area contributed by atoms with E-state index in [2.05, 4.69) is 75.3 Å². The molecule has 3 atom stereocenters. The van der Waals surface area contributed by atoms with Gasteiger partial charge in [0, 0.05) is 12.0 Å². The Hall–Kier alpha value is -4.49. The third-order valence-corrected chi connectivity index (χ3v) is 7.08. The van der Waals surface area contributed by atoms with Crippen LogP contribution in [0.5, 0.6) is 0 Å². The summed E-state index contributed by atoms with van der Waals surface area (Å²) in [4.78, 5) is 23.8. The second kappa shape index (κ2) is 8.01. The topological polar surface area (TPSA) is 139 Å². The largest absolute Gasteiger partial charge is 0.394 e. The summed E-state index contributed by atoms with van der Waals surface area (Å²) in [5.41, 5.74) is 6.40. The van der Waals surface area contributed by atoms with Gasteiger partial charge in [-0.3, -0.25) is 14.3 Å². The summed E-state index contributed by atoms with van der Waals surface area (Å²) in [5.74, 6) is 6.53. The van der Waals surface area contributed by atoms with Crippen LogP contribution in [-0.2, 0) is 4.74 Å². The molecule has 0 saturated carbocycles. The first-order valence-corrected chi connectivity index (χ1v) is 11.9. The van der Waals surface area contributed by atoms with E-state index >= 15 is 0 Å². The lowest BCUT2D eigenvalue weighted by atomic mass is 9.92. The molecule has 1 aliphatic heterocycles. The van der Waals surface area contributed by atoms with Crippen LogP contribution in [0.2, 0.25) is 0 Å². The SMILES string of the molecule is Nc1nc2c(nc(C#Cc3ccc4ccc5cccc6ccc3c4c56)n2[C@H]2C[C@H](O)[C@@H](CO)O2)c(=O)[nH]1. The third-order valence-electron chi connectivity index (χ3n) is 7.08. The maximum Gasteiger partial charge on any atom is 0.280 e. The monoisotopic (exact) mass is 491 g/mol. The van der Waals surface area contributed by atoms with Crippen molar-refractivity contribution in [1.29, 1.82) is 0 Å². The number of nitrogens with two attached hydrogens (primary N) is 1. The van der Waals surface area contributed by atoms with Crippen LogP contribution in [0, 0.1) is 11.8 Å². The minimum absolute atomic E-state index is 0.0674. The number of fused-ring (bicyclic) bond motifs is 1. The molecule has 1 fully saturated rings. The summed E-state index contributed by atoms with van der Waals surface area (Å²) in [6.45, 7) is -0.343. The van der Waals surface area contributed by atoms with Crippen LogP contribution in [0.15, 0.2) is 59.4 Å².